The molecule has 8 nitrogen and oxygen atoms in total. The van der Waals surface area contributed by atoms with Gasteiger partial charge in [-0.1, -0.05) is 24.8 Å². The lowest BCUT2D eigenvalue weighted by Crippen LogP contribution is -2.46. The Morgan fingerprint density at radius 2 is 2.02 bits per heavy atom. The number of pyridine rings is 2. The van der Waals surface area contributed by atoms with E-state index in [9.17, 15) is 22.4 Å². The maximum absolute atomic E-state index is 14.8. The zero-order valence-corrected chi connectivity index (χ0v) is 23.0. The molecule has 3 N–H and O–H groups in total. The maximum Gasteiger partial charge on any atom is 0.417 e. The number of hydrogen-bond acceptors (Lipinski definition) is 7. The minimum absolute atomic E-state index is 0.226. The summed E-state index contributed by atoms with van der Waals surface area (Å²) in [5.41, 5.74) is 0.201. The third kappa shape index (κ3) is 6.94. The predicted octanol–water partition coefficient (Wildman–Crippen LogP) is 5.15. The number of aromatic nitrogens is 2. The Bertz CT molecular complexity index is 1460. The number of benzene rings is 1. The number of carbonyl (C=O) groups is 1. The number of carbonyl (C=O) groups excluding carboxylic acids is 1. The van der Waals surface area contributed by atoms with Crippen LogP contribution in [-0.4, -0.2) is 80.0 Å². The van der Waals surface area contributed by atoms with Crippen LogP contribution in [0.2, 0.25) is 0 Å². The van der Waals surface area contributed by atoms with Gasteiger partial charge in [-0.2, -0.15) is 13.2 Å². The molecular formula is C29H32F4N6O2. The van der Waals surface area contributed by atoms with Crippen LogP contribution in [0.1, 0.15) is 28.2 Å². The lowest BCUT2D eigenvalue weighted by atomic mass is 9.99. The van der Waals surface area contributed by atoms with Crippen LogP contribution in [0.15, 0.2) is 49.2 Å². The summed E-state index contributed by atoms with van der Waals surface area (Å²) < 4.78 is 61.3. The van der Waals surface area contributed by atoms with E-state index in [-0.39, 0.29) is 41.7 Å². The molecule has 0 spiro atoms. The van der Waals surface area contributed by atoms with Gasteiger partial charge in [-0.15, -0.1) is 0 Å². The van der Waals surface area contributed by atoms with E-state index in [0.29, 0.717) is 35.3 Å². The van der Waals surface area contributed by atoms with Crippen LogP contribution in [0, 0.1) is 0 Å². The lowest BCUT2D eigenvalue weighted by molar-refractivity contribution is -0.0688. The molecule has 1 aliphatic heterocycles. The third-order valence-electron chi connectivity index (χ3n) is 6.84. The highest BCUT2D eigenvalue weighted by Crippen LogP contribution is 2.37. The minimum atomic E-state index is -4.69. The van der Waals surface area contributed by atoms with E-state index in [1.165, 1.54) is 20.4 Å². The number of allylic oxidation sites excluding steroid dienone is 1. The van der Waals surface area contributed by atoms with E-state index >= 15 is 0 Å². The standard InChI is InChI=1S/C29H32F4N6O2/c1-17(29(31,32)33)26-20-8-5-9-23(38-24-10-12-39(3)16-22(24)30)21(20)14-19(37-26)7-6-11-35-25-13-18(27(40)34-2)15-36-28(25)41-4/h5-9,13-15,22,24,35,38H,1,10-12,16H2,2-4H3,(H,34,40)/b7-6+/t22-,24+/m0/s1. The van der Waals surface area contributed by atoms with Crippen LogP contribution < -0.4 is 20.7 Å². The molecule has 12 heteroatoms. The maximum atomic E-state index is 14.8. The Balaban J connectivity index is 1.65. The highest BCUT2D eigenvalue weighted by Gasteiger charge is 2.35. The number of alkyl halides is 4. The number of likely N-dealkylation sites (tertiary alicyclic amines) is 1. The third-order valence-corrected chi connectivity index (χ3v) is 6.84. The van der Waals surface area contributed by atoms with Gasteiger partial charge in [-0.05, 0) is 37.7 Å². The Kier molecular flexibility index (Phi) is 9.11. The Morgan fingerprint density at radius 3 is 2.71 bits per heavy atom. The highest BCUT2D eigenvalue weighted by atomic mass is 19.4. The molecule has 0 radical (unpaired) electrons. The first-order valence-electron chi connectivity index (χ1n) is 13.0. The summed E-state index contributed by atoms with van der Waals surface area (Å²) >= 11 is 0. The first-order valence-corrected chi connectivity index (χ1v) is 13.0. The van der Waals surface area contributed by atoms with E-state index in [1.807, 2.05) is 11.9 Å². The number of ether oxygens (including phenoxy) is 1. The van der Waals surface area contributed by atoms with Crippen molar-refractivity contribution in [2.75, 3.05) is 51.5 Å². The van der Waals surface area contributed by atoms with Crippen LogP contribution in [0.5, 0.6) is 5.88 Å². The Labute approximate surface area is 235 Å². The molecule has 1 saturated heterocycles. The number of methoxy groups -OCH3 is 1. The molecule has 0 unspecified atom stereocenters. The van der Waals surface area contributed by atoms with Gasteiger partial charge in [-0.3, -0.25) is 4.79 Å². The van der Waals surface area contributed by atoms with Crippen molar-refractivity contribution in [3.05, 3.63) is 66.1 Å². The summed E-state index contributed by atoms with van der Waals surface area (Å²) in [5.74, 6) is -0.0466. The predicted molar refractivity (Wildman–Crippen MR) is 153 cm³/mol. The Morgan fingerprint density at radius 1 is 1.24 bits per heavy atom. The molecule has 3 aromatic rings. The van der Waals surface area contributed by atoms with Gasteiger partial charge in [0.25, 0.3) is 5.91 Å². The minimum Gasteiger partial charge on any atom is -0.480 e. The quantitative estimate of drug-likeness (QED) is 0.306. The van der Waals surface area contributed by atoms with Crippen molar-refractivity contribution in [3.8, 4) is 5.88 Å². The molecular weight excluding hydrogens is 540 g/mol. The summed E-state index contributed by atoms with van der Waals surface area (Å²) in [5, 5.41) is 9.57. The van der Waals surface area contributed by atoms with Crippen LogP contribution >= 0.6 is 0 Å². The monoisotopic (exact) mass is 572 g/mol. The van der Waals surface area contributed by atoms with Gasteiger partial charge in [0, 0.05) is 49.3 Å². The van der Waals surface area contributed by atoms with E-state index in [4.69, 9.17) is 4.74 Å². The van der Waals surface area contributed by atoms with E-state index in [2.05, 4.69) is 32.5 Å². The van der Waals surface area contributed by atoms with E-state index < -0.39 is 24.0 Å². The first kappa shape index (κ1) is 29.8. The zero-order valence-electron chi connectivity index (χ0n) is 23.0. The number of piperidine rings is 1. The summed E-state index contributed by atoms with van der Waals surface area (Å²) in [6.45, 7) is 4.47. The molecule has 1 amide bonds. The smallest absolute Gasteiger partial charge is 0.417 e. The van der Waals surface area contributed by atoms with Crippen LogP contribution in [0.25, 0.3) is 22.4 Å². The van der Waals surface area contributed by atoms with Gasteiger partial charge in [0.2, 0.25) is 5.88 Å². The summed E-state index contributed by atoms with van der Waals surface area (Å²) in [6.07, 6.45) is -0.634. The second kappa shape index (κ2) is 12.5. The average Bonchev–Trinajstić information content (AvgIpc) is 2.95. The van der Waals surface area contributed by atoms with Crippen LogP contribution in [-0.2, 0) is 0 Å². The SMILES string of the molecule is C=C(c1nc(/C=C/CNc2cc(C(=O)NC)cnc2OC)cc2c(N[C@@H]3CCN(C)C[C@@H]3F)cccc12)C(F)(F)F. The fourth-order valence-corrected chi connectivity index (χ4v) is 4.65. The van der Waals surface area contributed by atoms with Gasteiger partial charge < -0.3 is 25.6 Å². The molecule has 2 atom stereocenters. The van der Waals surface area contributed by atoms with Crippen molar-refractivity contribution >= 4 is 39.7 Å². The summed E-state index contributed by atoms with van der Waals surface area (Å²) in [7, 11) is 4.80. The number of amides is 1. The molecule has 1 fully saturated rings. The second-order valence-corrected chi connectivity index (χ2v) is 9.73. The second-order valence-electron chi connectivity index (χ2n) is 9.73. The summed E-state index contributed by atoms with van der Waals surface area (Å²) in [6, 6.07) is 7.66. The topological polar surface area (TPSA) is 91.4 Å². The highest BCUT2D eigenvalue weighted by molar-refractivity contribution is 6.01. The van der Waals surface area contributed by atoms with Gasteiger partial charge in [0.15, 0.2) is 0 Å². The van der Waals surface area contributed by atoms with Gasteiger partial charge in [-0.25, -0.2) is 14.4 Å². The molecule has 0 bridgehead atoms. The fourth-order valence-electron chi connectivity index (χ4n) is 4.65. The number of nitrogens with one attached hydrogen (secondary N) is 3. The number of fused-ring (bicyclic) bond motifs is 1. The van der Waals surface area contributed by atoms with Crippen LogP contribution in [0.3, 0.4) is 0 Å². The zero-order chi connectivity index (χ0) is 29.7. The van der Waals surface area contributed by atoms with Crippen molar-refractivity contribution in [2.45, 2.75) is 24.8 Å². The van der Waals surface area contributed by atoms with Crippen molar-refractivity contribution in [2.24, 2.45) is 0 Å². The molecule has 0 saturated carbocycles. The van der Waals surface area contributed by atoms with Crippen LogP contribution in [0.4, 0.5) is 28.9 Å². The normalized spacial score (nSPS) is 17.9. The molecule has 0 aliphatic carbocycles. The number of rotatable bonds is 9. The first-order chi connectivity index (χ1) is 19.5. The summed E-state index contributed by atoms with van der Waals surface area (Å²) in [4.78, 5) is 22.3. The Hall–Kier alpha value is -4.19. The van der Waals surface area contributed by atoms with Gasteiger partial charge >= 0.3 is 6.18 Å². The van der Waals surface area contributed by atoms with Gasteiger partial charge in [0.05, 0.1) is 41.4 Å². The average molecular weight is 573 g/mol. The van der Waals surface area contributed by atoms with Crippen molar-refractivity contribution in [1.82, 2.24) is 20.2 Å². The van der Waals surface area contributed by atoms with Crippen molar-refractivity contribution in [1.29, 1.82) is 0 Å². The number of anilines is 2. The molecule has 2 aromatic heterocycles. The van der Waals surface area contributed by atoms with E-state index in [0.717, 1.165) is 0 Å². The molecule has 41 heavy (non-hydrogen) atoms. The fraction of sp³-hybridized carbons (Fsp3) is 0.345. The molecule has 1 aromatic carbocycles. The molecule has 218 valence electrons. The molecule has 3 heterocycles. The number of nitrogens with zero attached hydrogens (tertiary/aromatic N) is 3. The van der Waals surface area contributed by atoms with E-state index in [1.54, 1.807) is 42.5 Å². The molecule has 1 aliphatic rings. The largest absolute Gasteiger partial charge is 0.480 e. The molecule has 4 rings (SSSR count). The number of halogens is 4. The van der Waals surface area contributed by atoms with Crippen molar-refractivity contribution < 1.29 is 27.1 Å². The number of hydrogen-bond donors (Lipinski definition) is 3. The van der Waals surface area contributed by atoms with Crippen molar-refractivity contribution in [3.63, 3.8) is 0 Å². The van der Waals surface area contributed by atoms with Gasteiger partial charge in [0.1, 0.15) is 6.17 Å². The lowest BCUT2D eigenvalue weighted by Gasteiger charge is -2.33.